The number of hydrogen-bond donors (Lipinski definition) is 3. The van der Waals surface area contributed by atoms with E-state index in [0.29, 0.717) is 6.42 Å². The van der Waals surface area contributed by atoms with Crippen LogP contribution in [0.3, 0.4) is 0 Å². The Hall–Kier alpha value is -0.276. The van der Waals surface area contributed by atoms with Crippen LogP contribution in [-0.4, -0.2) is 33.2 Å². The van der Waals surface area contributed by atoms with Crippen molar-refractivity contribution in [2.45, 2.75) is 109 Å². The fraction of sp³-hybridized carbons (Fsp3) is 0.850. The summed E-state index contributed by atoms with van der Waals surface area (Å²) in [5.41, 5.74) is 9.43. The van der Waals surface area contributed by atoms with E-state index >= 15 is 0 Å². The topological polar surface area (TPSA) is 184 Å². The van der Waals surface area contributed by atoms with Gasteiger partial charge in [0.15, 0.2) is 5.66 Å². The Balaban J connectivity index is -0.000000195. The van der Waals surface area contributed by atoms with E-state index in [4.69, 9.17) is 16.6 Å². The largest absolute Gasteiger partial charge is 0.479 e. The van der Waals surface area contributed by atoms with Crippen LogP contribution < -0.4 is 11.5 Å². The molecule has 0 saturated heterocycles. The van der Waals surface area contributed by atoms with Crippen LogP contribution in [-0.2, 0) is 26.5 Å². The molecule has 0 fully saturated rings. The minimum atomic E-state index is -1.54. The summed E-state index contributed by atoms with van der Waals surface area (Å²) in [5.74, 6) is -1.11. The molecule has 0 atom stereocenters. The van der Waals surface area contributed by atoms with E-state index in [1.807, 2.05) is 0 Å². The maximum absolute atomic E-state index is 10.7. The average Bonchev–Trinajstić information content (AvgIpc) is 2.57. The van der Waals surface area contributed by atoms with Gasteiger partial charge in [0.1, 0.15) is 0 Å². The average molecular weight is 444 g/mol. The van der Waals surface area contributed by atoms with Gasteiger partial charge < -0.3 is 33.0 Å². The van der Waals surface area contributed by atoms with E-state index in [-0.39, 0.29) is 38.1 Å². The summed E-state index contributed by atoms with van der Waals surface area (Å²) >= 11 is 0. The first kappa shape index (κ1) is 42.0. The zero-order valence-electron chi connectivity index (χ0n) is 18.0. The summed E-state index contributed by atoms with van der Waals surface area (Å²) in [5, 5.41) is 8.80. The molecule has 0 aliphatic heterocycles. The predicted octanol–water partition coefficient (Wildman–Crippen LogP) is 2.88. The van der Waals surface area contributed by atoms with Gasteiger partial charge in [-0.05, 0) is 12.8 Å². The number of carboxylic acids is 1. The van der Waals surface area contributed by atoms with Gasteiger partial charge in [-0.15, -0.1) is 13.2 Å². The summed E-state index contributed by atoms with van der Waals surface area (Å²) in [6.45, 7) is 8.26. The van der Waals surface area contributed by atoms with Crippen molar-refractivity contribution in [3.63, 3.8) is 0 Å². The molecule has 0 aromatic carbocycles. The zero-order chi connectivity index (χ0) is 18.7. The molecule has 0 bridgehead atoms. The molecule has 11 N–H and O–H groups in total. The van der Waals surface area contributed by atoms with Gasteiger partial charge in [0.2, 0.25) is 0 Å². The molecule has 0 aliphatic carbocycles. The van der Waals surface area contributed by atoms with Crippen molar-refractivity contribution in [2.24, 2.45) is 11.5 Å². The summed E-state index contributed by atoms with van der Waals surface area (Å²) < 4.78 is 0. The first-order chi connectivity index (χ1) is 11.5. The number of carboxylic acid groups (broad SMARTS) is 1. The normalized spacial score (nSPS) is 9.39. The van der Waals surface area contributed by atoms with Crippen molar-refractivity contribution in [3.8, 4) is 0 Å². The number of unbranched alkanes of at least 4 members (excludes halogenated alkanes) is 13. The molecule has 0 spiro atoms. The van der Waals surface area contributed by atoms with Crippen molar-refractivity contribution in [2.75, 3.05) is 0 Å². The van der Waals surface area contributed by atoms with Crippen molar-refractivity contribution < 1.29 is 48.0 Å². The van der Waals surface area contributed by atoms with Crippen LogP contribution in [0.15, 0.2) is 13.2 Å². The fourth-order valence-electron chi connectivity index (χ4n) is 2.72. The number of carbonyl (C=O) groups is 1. The number of rotatable bonds is 16. The predicted molar refractivity (Wildman–Crippen MR) is 116 cm³/mol. The minimum absolute atomic E-state index is 0. The molecule has 172 valence electrons. The molecule has 0 heterocycles. The third-order valence-electron chi connectivity index (χ3n) is 4.34. The summed E-state index contributed by atoms with van der Waals surface area (Å²) in [7, 11) is 0. The third kappa shape index (κ3) is 30.5. The Kier molecular flexibility index (Phi) is 47.1. The molecule has 0 amide bonds. The zero-order valence-corrected chi connectivity index (χ0v) is 19.6. The van der Waals surface area contributed by atoms with E-state index in [2.05, 4.69) is 20.1 Å². The molecule has 0 aromatic heterocycles. The molecule has 8 heteroatoms. The second-order valence-electron chi connectivity index (χ2n) is 6.69. The summed E-state index contributed by atoms with van der Waals surface area (Å²) in [4.78, 5) is 10.7. The molecule has 28 heavy (non-hydrogen) atoms. The maximum Gasteiger partial charge on any atom is 0.338 e. The van der Waals surface area contributed by atoms with Gasteiger partial charge in [0, 0.05) is 21.7 Å². The molecular weight excluding hydrogens is 396 g/mol. The number of aliphatic carboxylic acids is 1. The summed E-state index contributed by atoms with van der Waals surface area (Å²) in [6.07, 6.45) is 18.3. The second-order valence-corrected chi connectivity index (χ2v) is 6.69. The van der Waals surface area contributed by atoms with Crippen LogP contribution in [0.1, 0.15) is 103 Å². The van der Waals surface area contributed by atoms with Gasteiger partial charge in [0.05, 0.1) is 0 Å². The maximum atomic E-state index is 10.7. The molecule has 7 nitrogen and oxygen atoms in total. The fourth-order valence-corrected chi connectivity index (χ4v) is 2.72. The molecule has 0 saturated carbocycles. The Labute approximate surface area is 187 Å². The van der Waals surface area contributed by atoms with Crippen molar-refractivity contribution in [3.05, 3.63) is 13.2 Å². The van der Waals surface area contributed by atoms with Crippen LogP contribution in [0.5, 0.6) is 0 Å². The Morgan fingerprint density at radius 1 is 0.714 bits per heavy atom. The second kappa shape index (κ2) is 31.4. The van der Waals surface area contributed by atoms with Gasteiger partial charge in [-0.25, -0.2) is 4.79 Å². The van der Waals surface area contributed by atoms with Gasteiger partial charge in [-0.3, -0.25) is 0 Å². The van der Waals surface area contributed by atoms with E-state index in [1.54, 1.807) is 0 Å². The Morgan fingerprint density at radius 2 is 0.964 bits per heavy atom. The van der Waals surface area contributed by atoms with Gasteiger partial charge >= 0.3 is 5.97 Å². The van der Waals surface area contributed by atoms with Crippen LogP contribution >= 0.6 is 0 Å². The van der Waals surface area contributed by atoms with Crippen LogP contribution in [0.4, 0.5) is 0 Å². The van der Waals surface area contributed by atoms with Crippen molar-refractivity contribution in [1.29, 1.82) is 0 Å². The molecule has 0 radical (unpaired) electrons. The molecular formula is C20H48N2O5Ti. The third-order valence-corrected chi connectivity index (χ3v) is 4.34. The van der Waals surface area contributed by atoms with Gasteiger partial charge in [-0.1, -0.05) is 90.4 Å². The van der Waals surface area contributed by atoms with Crippen LogP contribution in [0.2, 0.25) is 0 Å². The first-order valence-corrected chi connectivity index (χ1v) is 9.82. The molecule has 0 rings (SSSR count). The molecule has 0 unspecified atom stereocenters. The van der Waals surface area contributed by atoms with E-state index in [0.717, 1.165) is 19.3 Å². The minimum Gasteiger partial charge on any atom is -0.479 e. The van der Waals surface area contributed by atoms with Crippen LogP contribution in [0.25, 0.3) is 0 Å². The van der Waals surface area contributed by atoms with Crippen molar-refractivity contribution in [1.82, 2.24) is 0 Å². The van der Waals surface area contributed by atoms with Gasteiger partial charge in [-0.2, -0.15) is 0 Å². The van der Waals surface area contributed by atoms with E-state index in [1.165, 1.54) is 70.6 Å². The SMILES string of the molecule is C=C.CCCCCCCCCCCCCCCCC(N)(N)C(=O)O.O.O.O.[Ti]. The number of nitrogens with two attached hydrogens (primary N) is 2. The quantitative estimate of drug-likeness (QED) is 0.143. The molecule has 0 aliphatic rings. The monoisotopic (exact) mass is 444 g/mol. The van der Waals surface area contributed by atoms with Crippen LogP contribution in [0, 0.1) is 0 Å². The smallest absolute Gasteiger partial charge is 0.338 e. The standard InChI is InChI=1S/C18H38N2O2.C2H4.3H2O.Ti/c1-2-3-4-5-6-7-8-9-10-11-12-13-14-15-16-18(19,20)17(21)22;1-2;;;;/h2-16,19-20H2,1H3,(H,21,22);1-2H2;3*1H2;. The molecule has 0 aromatic rings. The van der Waals surface area contributed by atoms with Gasteiger partial charge in [0.25, 0.3) is 0 Å². The Bertz CT molecular complexity index is 296. The van der Waals surface area contributed by atoms with E-state index in [9.17, 15) is 4.79 Å². The number of hydrogen-bond acceptors (Lipinski definition) is 3. The summed E-state index contributed by atoms with van der Waals surface area (Å²) in [6, 6.07) is 0. The van der Waals surface area contributed by atoms with Crippen molar-refractivity contribution >= 4 is 5.97 Å². The van der Waals surface area contributed by atoms with E-state index < -0.39 is 11.6 Å². The Morgan fingerprint density at radius 3 is 1.21 bits per heavy atom. The first-order valence-electron chi connectivity index (χ1n) is 9.82.